The summed E-state index contributed by atoms with van der Waals surface area (Å²) >= 11 is 1.21. The van der Waals surface area contributed by atoms with E-state index in [1.165, 1.54) is 22.1 Å². The van der Waals surface area contributed by atoms with Gasteiger partial charge in [0.05, 0.1) is 16.3 Å². The van der Waals surface area contributed by atoms with Gasteiger partial charge in [0.25, 0.3) is 10.0 Å². The molecule has 0 aliphatic carbocycles. The Labute approximate surface area is 198 Å². The molecule has 1 saturated heterocycles. The Balaban J connectivity index is 1.40. The number of amides is 2. The van der Waals surface area contributed by atoms with Crippen molar-refractivity contribution >= 4 is 45.0 Å². The average Bonchev–Trinajstić information content (AvgIpc) is 3.12. The monoisotopic (exact) mass is 485 g/mol. The molecule has 1 atom stereocenters. The molecule has 1 N–H and O–H groups in total. The fraction of sp³-hybridized carbons (Fsp3) is 0.417. The van der Waals surface area contributed by atoms with Gasteiger partial charge in [0.1, 0.15) is 0 Å². The highest BCUT2D eigenvalue weighted by molar-refractivity contribution is 8.01. The van der Waals surface area contributed by atoms with Gasteiger partial charge in [0.15, 0.2) is 5.25 Å². The minimum Gasteiger partial charge on any atom is -0.341 e. The molecule has 0 bridgehead atoms. The average molecular weight is 486 g/mol. The Morgan fingerprint density at radius 2 is 1.73 bits per heavy atom. The normalized spacial score (nSPS) is 21.0. The lowest BCUT2D eigenvalue weighted by Gasteiger charge is -2.31. The third-order valence-electron chi connectivity index (χ3n) is 6.49. The largest absolute Gasteiger partial charge is 0.341 e. The lowest BCUT2D eigenvalue weighted by atomic mass is 10.0. The smallest absolute Gasteiger partial charge is 0.264 e. The number of nitrogens with one attached hydrogen (secondary N) is 1. The summed E-state index contributed by atoms with van der Waals surface area (Å²) in [5, 5.41) is 1.95. The highest BCUT2D eigenvalue weighted by atomic mass is 32.2. The first-order chi connectivity index (χ1) is 15.9. The van der Waals surface area contributed by atoms with E-state index in [0.717, 1.165) is 44.1 Å². The number of rotatable bonds is 3. The molecule has 1 unspecified atom stereocenters. The van der Waals surface area contributed by atoms with E-state index in [2.05, 4.69) is 5.32 Å². The molecule has 3 aliphatic rings. The van der Waals surface area contributed by atoms with Crippen LogP contribution in [0.4, 0.5) is 11.4 Å². The molecule has 5 rings (SSSR count). The minimum atomic E-state index is -3.78. The highest BCUT2D eigenvalue weighted by Crippen LogP contribution is 2.39. The Kier molecular flexibility index (Phi) is 6.09. The maximum absolute atomic E-state index is 13.5. The van der Waals surface area contributed by atoms with Crippen molar-refractivity contribution in [3.63, 3.8) is 0 Å². The summed E-state index contributed by atoms with van der Waals surface area (Å²) in [4.78, 5) is 28.5. The number of hydrogen-bond donors (Lipinski definition) is 1. The lowest BCUT2D eigenvalue weighted by molar-refractivity contribution is -0.133. The fourth-order valence-electron chi connectivity index (χ4n) is 4.74. The second-order valence-corrected chi connectivity index (χ2v) is 11.7. The number of nitrogens with zero attached hydrogens (tertiary/aromatic N) is 2. The number of para-hydroxylation sites is 1. The van der Waals surface area contributed by atoms with E-state index < -0.39 is 15.3 Å². The van der Waals surface area contributed by atoms with E-state index >= 15 is 0 Å². The van der Waals surface area contributed by atoms with Crippen LogP contribution in [-0.2, 0) is 26.0 Å². The van der Waals surface area contributed by atoms with Crippen molar-refractivity contribution in [1.29, 1.82) is 0 Å². The number of anilines is 2. The first-order valence-electron chi connectivity index (χ1n) is 11.5. The number of aryl methyl sites for hydroxylation is 1. The molecule has 33 heavy (non-hydrogen) atoms. The van der Waals surface area contributed by atoms with Gasteiger partial charge in [-0.15, -0.1) is 11.8 Å². The zero-order valence-corrected chi connectivity index (χ0v) is 20.0. The van der Waals surface area contributed by atoms with Crippen LogP contribution in [0.25, 0.3) is 0 Å². The summed E-state index contributed by atoms with van der Waals surface area (Å²) in [7, 11) is -3.78. The number of carbonyl (C=O) groups is 2. The molecule has 0 aromatic heterocycles. The molecule has 2 amide bonds. The van der Waals surface area contributed by atoms with Gasteiger partial charge in [-0.2, -0.15) is 0 Å². The highest BCUT2D eigenvalue weighted by Gasteiger charge is 2.37. The van der Waals surface area contributed by atoms with Gasteiger partial charge in [0.2, 0.25) is 11.8 Å². The van der Waals surface area contributed by atoms with Crippen LogP contribution in [0, 0.1) is 0 Å². The van der Waals surface area contributed by atoms with Crippen molar-refractivity contribution in [3.05, 3.63) is 48.0 Å². The zero-order valence-electron chi connectivity index (χ0n) is 18.3. The lowest BCUT2D eigenvalue weighted by Crippen LogP contribution is -2.45. The quantitative estimate of drug-likeness (QED) is 0.671. The number of likely N-dealkylation sites (tertiary alicyclic amines) is 1. The van der Waals surface area contributed by atoms with E-state index in [0.29, 0.717) is 35.9 Å². The molecule has 2 aromatic carbocycles. The minimum absolute atomic E-state index is 0.135. The van der Waals surface area contributed by atoms with Crippen molar-refractivity contribution in [3.8, 4) is 0 Å². The Morgan fingerprint density at radius 1 is 0.970 bits per heavy atom. The van der Waals surface area contributed by atoms with Crippen LogP contribution in [0.3, 0.4) is 0 Å². The van der Waals surface area contributed by atoms with Gasteiger partial charge in [-0.1, -0.05) is 31.0 Å². The summed E-state index contributed by atoms with van der Waals surface area (Å²) in [6, 6.07) is 12.3. The zero-order chi connectivity index (χ0) is 23.0. The Morgan fingerprint density at radius 3 is 2.52 bits per heavy atom. The second-order valence-electron chi connectivity index (χ2n) is 8.69. The predicted octanol–water partition coefficient (Wildman–Crippen LogP) is 3.64. The van der Waals surface area contributed by atoms with Gasteiger partial charge in [-0.05, 0) is 55.5 Å². The first kappa shape index (κ1) is 22.3. The number of sulfonamides is 1. The van der Waals surface area contributed by atoms with Crippen molar-refractivity contribution in [2.75, 3.05) is 29.3 Å². The van der Waals surface area contributed by atoms with Crippen molar-refractivity contribution < 1.29 is 18.0 Å². The SMILES string of the molecule is O=C1Nc2cc(S(=O)(=O)N3CCCc4ccccc43)ccc2SC1C(=O)N1CCCCCC1. The van der Waals surface area contributed by atoms with E-state index in [9.17, 15) is 18.0 Å². The third kappa shape index (κ3) is 4.24. The van der Waals surface area contributed by atoms with Gasteiger partial charge in [0, 0.05) is 24.5 Å². The number of carbonyl (C=O) groups excluding carboxylic acids is 2. The number of hydrogen-bond acceptors (Lipinski definition) is 5. The molecular formula is C24H27N3O4S2. The topological polar surface area (TPSA) is 86.8 Å². The van der Waals surface area contributed by atoms with Crippen LogP contribution in [-0.4, -0.2) is 50.0 Å². The first-order valence-corrected chi connectivity index (χ1v) is 13.8. The van der Waals surface area contributed by atoms with Gasteiger partial charge in [-0.25, -0.2) is 8.42 Å². The van der Waals surface area contributed by atoms with Crippen LogP contribution in [0.5, 0.6) is 0 Å². The van der Waals surface area contributed by atoms with E-state index in [1.807, 2.05) is 24.3 Å². The summed E-state index contributed by atoms with van der Waals surface area (Å²) in [5.41, 5.74) is 2.17. The summed E-state index contributed by atoms with van der Waals surface area (Å²) in [5.74, 6) is -0.550. The van der Waals surface area contributed by atoms with Crippen molar-refractivity contribution in [1.82, 2.24) is 4.90 Å². The number of fused-ring (bicyclic) bond motifs is 2. The molecule has 174 valence electrons. The molecule has 9 heteroatoms. The molecule has 0 radical (unpaired) electrons. The Bertz CT molecular complexity index is 1190. The van der Waals surface area contributed by atoms with Crippen LogP contribution in [0.15, 0.2) is 52.3 Å². The van der Waals surface area contributed by atoms with E-state index in [1.54, 1.807) is 17.0 Å². The van der Waals surface area contributed by atoms with E-state index in [-0.39, 0.29) is 16.7 Å². The standard InChI is InChI=1S/C24H27N3O4S2/c28-23-22(24(29)26-13-5-1-2-6-14-26)32-21-12-11-18(16-19(21)25-23)33(30,31)27-15-7-9-17-8-3-4-10-20(17)27/h3-4,8,10-12,16,22H,1-2,5-7,9,13-15H2,(H,25,28). The molecule has 1 fully saturated rings. The fourth-order valence-corrected chi connectivity index (χ4v) is 7.37. The summed E-state index contributed by atoms with van der Waals surface area (Å²) in [6.07, 6.45) is 5.74. The molecule has 2 aromatic rings. The van der Waals surface area contributed by atoms with Crippen LogP contribution in [0.2, 0.25) is 0 Å². The van der Waals surface area contributed by atoms with Gasteiger partial charge >= 0.3 is 0 Å². The predicted molar refractivity (Wildman–Crippen MR) is 129 cm³/mol. The van der Waals surface area contributed by atoms with Gasteiger partial charge < -0.3 is 10.2 Å². The molecule has 3 aliphatic heterocycles. The summed E-state index contributed by atoms with van der Waals surface area (Å²) < 4.78 is 28.4. The molecular weight excluding hydrogens is 458 g/mol. The maximum atomic E-state index is 13.5. The Hall–Kier alpha value is -2.52. The number of benzene rings is 2. The van der Waals surface area contributed by atoms with Crippen molar-refractivity contribution in [2.45, 2.75) is 53.6 Å². The molecule has 7 nitrogen and oxygen atoms in total. The second kappa shape index (κ2) is 9.02. The molecule has 0 spiro atoms. The van der Waals surface area contributed by atoms with Crippen LogP contribution in [0.1, 0.15) is 37.7 Å². The summed E-state index contributed by atoms with van der Waals surface area (Å²) in [6.45, 7) is 1.79. The van der Waals surface area contributed by atoms with Crippen LogP contribution < -0.4 is 9.62 Å². The third-order valence-corrected chi connectivity index (χ3v) is 9.56. The van der Waals surface area contributed by atoms with Crippen LogP contribution >= 0.6 is 11.8 Å². The number of thioether (sulfide) groups is 1. The molecule has 0 saturated carbocycles. The molecule has 3 heterocycles. The van der Waals surface area contributed by atoms with Gasteiger partial charge in [-0.3, -0.25) is 13.9 Å². The maximum Gasteiger partial charge on any atom is 0.264 e. The van der Waals surface area contributed by atoms with Crippen molar-refractivity contribution in [2.24, 2.45) is 0 Å². The van der Waals surface area contributed by atoms with E-state index in [4.69, 9.17) is 0 Å².